The van der Waals surface area contributed by atoms with E-state index in [2.05, 4.69) is 5.32 Å². The minimum absolute atomic E-state index is 0.0469. The van der Waals surface area contributed by atoms with Gasteiger partial charge in [0.05, 0.1) is 4.90 Å². The molecule has 3 aromatic rings. The zero-order valence-electron chi connectivity index (χ0n) is 21.0. The van der Waals surface area contributed by atoms with Gasteiger partial charge in [0.15, 0.2) is 0 Å². The van der Waals surface area contributed by atoms with Crippen LogP contribution in [-0.4, -0.2) is 56.5 Å². The molecule has 39 heavy (non-hydrogen) atoms. The lowest BCUT2D eigenvalue weighted by Crippen LogP contribution is -2.58. The van der Waals surface area contributed by atoms with Gasteiger partial charge < -0.3 is 20.9 Å². The number of nitrogen functional groups attached to an aromatic ring is 1. The highest BCUT2D eigenvalue weighted by atomic mass is 32.2. The average Bonchev–Trinajstić information content (AvgIpc) is 2.91. The molecule has 1 aliphatic rings. The number of amidine groups is 1. The number of sulfonamides is 1. The van der Waals surface area contributed by atoms with E-state index in [1.807, 2.05) is 0 Å². The quantitative estimate of drug-likeness (QED) is 0.198. The summed E-state index contributed by atoms with van der Waals surface area (Å²) in [5.41, 5.74) is 6.73. The second-order valence-corrected chi connectivity index (χ2v) is 10.7. The van der Waals surface area contributed by atoms with Crippen LogP contribution in [0.15, 0.2) is 77.7 Å². The van der Waals surface area contributed by atoms with Gasteiger partial charge in [-0.1, -0.05) is 42.5 Å². The smallest absolute Gasteiger partial charge is 0.323 e. The molecule has 0 bridgehead atoms. The number of nitrogens with zero attached hydrogens (tertiary/aromatic N) is 1. The Bertz CT molecular complexity index is 1500. The first-order valence-corrected chi connectivity index (χ1v) is 13.6. The van der Waals surface area contributed by atoms with E-state index >= 15 is 0 Å². The molecule has 0 aliphatic carbocycles. The van der Waals surface area contributed by atoms with Crippen LogP contribution in [0.5, 0.6) is 0 Å². The third-order valence-corrected chi connectivity index (χ3v) is 7.50. The number of ether oxygens (including phenoxy) is 1. The minimum Gasteiger partial charge on any atom is -0.480 e. The van der Waals surface area contributed by atoms with Gasteiger partial charge in [-0.2, -0.15) is 0 Å². The second kappa shape index (κ2) is 11.2. The molecule has 0 saturated carbocycles. The molecule has 0 atom stereocenters. The number of carbonyl (C=O) groups is 2. The van der Waals surface area contributed by atoms with Gasteiger partial charge in [-0.05, 0) is 35.9 Å². The Balaban J connectivity index is 1.71. The number of primary sulfonamides is 1. The number of hydrogen-bond acceptors (Lipinski definition) is 7. The van der Waals surface area contributed by atoms with Crippen LogP contribution in [0.1, 0.15) is 18.4 Å². The van der Waals surface area contributed by atoms with E-state index in [1.165, 1.54) is 11.0 Å². The summed E-state index contributed by atoms with van der Waals surface area (Å²) in [5, 5.41) is 26.0. The van der Waals surface area contributed by atoms with Crippen molar-refractivity contribution in [2.75, 3.05) is 30.0 Å². The Kier molecular flexibility index (Phi) is 8.00. The molecule has 4 rings (SSSR count). The molecule has 0 unspecified atom stereocenters. The van der Waals surface area contributed by atoms with Gasteiger partial charge in [0.2, 0.25) is 10.0 Å². The SMILES string of the molecule is N=C(N)c1cccc(NC2(C(=O)N(CC(=O)O)c3ccc(-c4ccccc4S(N)(=O)=O)cc3)CCOCC2)c1. The predicted molar refractivity (Wildman–Crippen MR) is 147 cm³/mol. The van der Waals surface area contributed by atoms with E-state index in [0.717, 1.165) is 0 Å². The minimum atomic E-state index is -3.98. The van der Waals surface area contributed by atoms with E-state index in [0.29, 0.717) is 28.1 Å². The van der Waals surface area contributed by atoms with E-state index in [-0.39, 0.29) is 36.8 Å². The topological polar surface area (TPSA) is 189 Å². The highest BCUT2D eigenvalue weighted by Gasteiger charge is 2.43. The van der Waals surface area contributed by atoms with E-state index < -0.39 is 34.0 Å². The van der Waals surface area contributed by atoms with Crippen LogP contribution >= 0.6 is 0 Å². The van der Waals surface area contributed by atoms with Gasteiger partial charge >= 0.3 is 5.97 Å². The monoisotopic (exact) mass is 551 g/mol. The lowest BCUT2D eigenvalue weighted by Gasteiger charge is -2.40. The number of carboxylic acids is 1. The number of nitrogens with one attached hydrogen (secondary N) is 2. The molecule has 1 heterocycles. The summed E-state index contributed by atoms with van der Waals surface area (Å²) in [4.78, 5) is 27.1. The normalized spacial score (nSPS) is 14.8. The van der Waals surface area contributed by atoms with Crippen molar-refractivity contribution in [1.82, 2.24) is 0 Å². The highest BCUT2D eigenvalue weighted by Crippen LogP contribution is 2.33. The number of rotatable bonds is 9. The van der Waals surface area contributed by atoms with Crippen molar-refractivity contribution < 1.29 is 27.9 Å². The largest absolute Gasteiger partial charge is 0.480 e. The van der Waals surface area contributed by atoms with Crippen LogP contribution < -0.4 is 21.1 Å². The first kappa shape index (κ1) is 27.8. The molecule has 0 aromatic heterocycles. The first-order valence-electron chi connectivity index (χ1n) is 12.1. The summed E-state index contributed by atoms with van der Waals surface area (Å²) in [5.74, 6) is -1.78. The highest BCUT2D eigenvalue weighted by molar-refractivity contribution is 7.89. The Hall–Kier alpha value is -4.26. The molecule has 0 spiro atoms. The van der Waals surface area contributed by atoms with E-state index in [1.54, 1.807) is 66.7 Å². The van der Waals surface area contributed by atoms with E-state index in [9.17, 15) is 23.1 Å². The van der Waals surface area contributed by atoms with Crippen molar-refractivity contribution in [3.8, 4) is 11.1 Å². The van der Waals surface area contributed by atoms with Gasteiger partial charge in [-0.3, -0.25) is 19.9 Å². The van der Waals surface area contributed by atoms with Gasteiger partial charge in [0.1, 0.15) is 17.9 Å². The molecule has 11 nitrogen and oxygen atoms in total. The summed E-state index contributed by atoms with van der Waals surface area (Å²) < 4.78 is 29.6. The number of nitrogens with two attached hydrogens (primary N) is 2. The van der Waals surface area contributed by atoms with Gasteiger partial charge in [0.25, 0.3) is 5.91 Å². The summed E-state index contributed by atoms with van der Waals surface area (Å²) in [6.45, 7) is -0.0195. The fourth-order valence-electron chi connectivity index (χ4n) is 4.60. The summed E-state index contributed by atoms with van der Waals surface area (Å²) in [6.07, 6.45) is 0.568. The number of amides is 1. The molecule has 1 amide bonds. The van der Waals surface area contributed by atoms with Crippen molar-refractivity contribution in [2.45, 2.75) is 23.3 Å². The summed E-state index contributed by atoms with van der Waals surface area (Å²) in [6, 6.07) is 19.4. The van der Waals surface area contributed by atoms with Gasteiger partial charge in [-0.15, -0.1) is 0 Å². The van der Waals surface area contributed by atoms with Crippen LogP contribution in [0.4, 0.5) is 11.4 Å². The standard InChI is InChI=1S/C27H29N5O6S/c28-25(29)19-4-3-5-20(16-19)31-27(12-14-38-15-13-27)26(35)32(17-24(33)34)21-10-8-18(9-11-21)22-6-1-2-7-23(22)39(30,36)37/h1-11,16,31H,12-15,17H2,(H3,28,29)(H,33,34)(H2,30,36,37). The van der Waals surface area contributed by atoms with Crippen LogP contribution in [0.3, 0.4) is 0 Å². The molecule has 1 aliphatic heterocycles. The lowest BCUT2D eigenvalue weighted by molar-refractivity contribution is -0.137. The number of carboxylic acid groups (broad SMARTS) is 1. The van der Waals surface area contributed by atoms with Gasteiger partial charge in [0, 0.05) is 48.6 Å². The Morgan fingerprint density at radius 1 is 1.03 bits per heavy atom. The van der Waals surface area contributed by atoms with Crippen molar-refractivity contribution in [1.29, 1.82) is 5.41 Å². The molecular formula is C27H29N5O6S. The molecule has 12 heteroatoms. The molecule has 204 valence electrons. The number of hydrogen-bond donors (Lipinski definition) is 5. The van der Waals surface area contributed by atoms with Crippen molar-refractivity contribution >= 4 is 39.1 Å². The number of anilines is 2. The molecule has 0 radical (unpaired) electrons. The predicted octanol–water partition coefficient (Wildman–Crippen LogP) is 2.36. The van der Waals surface area contributed by atoms with Crippen LogP contribution in [0.25, 0.3) is 11.1 Å². The Morgan fingerprint density at radius 2 is 1.69 bits per heavy atom. The molecule has 7 N–H and O–H groups in total. The zero-order valence-corrected chi connectivity index (χ0v) is 21.8. The van der Waals surface area contributed by atoms with Crippen LogP contribution in [0, 0.1) is 5.41 Å². The second-order valence-electron chi connectivity index (χ2n) is 9.19. The summed E-state index contributed by atoms with van der Waals surface area (Å²) >= 11 is 0. The fraction of sp³-hybridized carbons (Fsp3) is 0.222. The Labute approximate surface area is 225 Å². The van der Waals surface area contributed by atoms with E-state index in [4.69, 9.17) is 21.0 Å². The van der Waals surface area contributed by atoms with Crippen LogP contribution in [0.2, 0.25) is 0 Å². The molecular weight excluding hydrogens is 522 g/mol. The fourth-order valence-corrected chi connectivity index (χ4v) is 5.36. The number of carbonyl (C=O) groups excluding carboxylic acids is 1. The number of benzene rings is 3. The maximum Gasteiger partial charge on any atom is 0.323 e. The molecule has 3 aromatic carbocycles. The molecule has 1 saturated heterocycles. The first-order chi connectivity index (χ1) is 18.5. The third-order valence-electron chi connectivity index (χ3n) is 6.54. The number of aliphatic carboxylic acids is 1. The zero-order chi connectivity index (χ0) is 28.2. The van der Waals surface area contributed by atoms with Crippen molar-refractivity contribution in [2.24, 2.45) is 10.9 Å². The lowest BCUT2D eigenvalue weighted by atomic mass is 9.87. The third kappa shape index (κ3) is 6.25. The van der Waals surface area contributed by atoms with Crippen LogP contribution in [-0.2, 0) is 24.3 Å². The van der Waals surface area contributed by atoms with Crippen molar-refractivity contribution in [3.63, 3.8) is 0 Å². The maximum absolute atomic E-state index is 14.1. The Morgan fingerprint density at radius 3 is 2.31 bits per heavy atom. The molecule has 1 fully saturated rings. The summed E-state index contributed by atoms with van der Waals surface area (Å²) in [7, 11) is -3.98. The maximum atomic E-state index is 14.1. The van der Waals surface area contributed by atoms with Crippen molar-refractivity contribution in [3.05, 3.63) is 78.4 Å². The average molecular weight is 552 g/mol. The van der Waals surface area contributed by atoms with Gasteiger partial charge in [-0.25, -0.2) is 13.6 Å².